The van der Waals surface area contributed by atoms with Gasteiger partial charge in [0, 0.05) is 44.7 Å². The molecule has 1 amide bonds. The average molecular weight is 678 g/mol. The number of hydrogen-bond donors (Lipinski definition) is 2. The maximum Gasteiger partial charge on any atom is 0.422 e. The van der Waals surface area contributed by atoms with Crippen molar-refractivity contribution in [2.75, 3.05) is 43.4 Å². The van der Waals surface area contributed by atoms with Crippen LogP contribution in [0, 0.1) is 13.8 Å². The zero-order valence-corrected chi connectivity index (χ0v) is 25.3. The number of piperazine rings is 1. The van der Waals surface area contributed by atoms with Crippen LogP contribution >= 0.6 is 45.7 Å². The summed E-state index contributed by atoms with van der Waals surface area (Å²) in [5.74, 6) is 2.31. The topological polar surface area (TPSA) is 130 Å². The van der Waals surface area contributed by atoms with Gasteiger partial charge in [0.15, 0.2) is 32.3 Å². The van der Waals surface area contributed by atoms with Gasteiger partial charge < -0.3 is 8.38 Å². The van der Waals surface area contributed by atoms with Gasteiger partial charge in [-0.1, -0.05) is 11.3 Å². The molecule has 15 heteroatoms. The molecule has 1 aliphatic heterocycles. The number of thiazole rings is 1. The third-order valence-corrected chi connectivity index (χ3v) is 11.5. The average Bonchev–Trinajstić information content (AvgIpc) is 3.55. The molecule has 5 rings (SSSR count). The van der Waals surface area contributed by atoms with Crippen LogP contribution in [0.25, 0.3) is 10.2 Å². The van der Waals surface area contributed by atoms with Crippen molar-refractivity contribution in [3.05, 3.63) is 22.5 Å². The number of carbonyl (C=O) groups excluding carboxylic acids is 1. The highest BCUT2D eigenvalue weighted by atomic mass is 127. The van der Waals surface area contributed by atoms with Gasteiger partial charge in [-0.2, -0.15) is 4.31 Å². The van der Waals surface area contributed by atoms with Crippen molar-refractivity contribution in [2.45, 2.75) is 49.8 Å². The lowest BCUT2D eigenvalue weighted by Crippen LogP contribution is -2.50. The highest BCUT2D eigenvalue weighted by Gasteiger charge is 2.33. The minimum Gasteiger partial charge on any atom is -0.378 e. The number of anilines is 2. The predicted octanol–water partition coefficient (Wildman–Crippen LogP) is 4.35. The number of halogens is 1. The highest BCUT2D eigenvalue weighted by molar-refractivity contribution is 14.1. The molecule has 0 bridgehead atoms. The Morgan fingerprint density at radius 1 is 1.22 bits per heavy atom. The first kappa shape index (κ1) is 26.9. The molecule has 1 saturated heterocycles. The molecule has 2 fully saturated rings. The smallest absolute Gasteiger partial charge is 0.378 e. The number of fused-ring (bicyclic) bond motifs is 1. The molecule has 11 nitrogen and oxygen atoms in total. The van der Waals surface area contributed by atoms with Crippen molar-refractivity contribution in [1.29, 1.82) is 0 Å². The highest BCUT2D eigenvalue weighted by Crippen LogP contribution is 2.41. The number of aromatic nitrogens is 3. The van der Waals surface area contributed by atoms with Crippen LogP contribution in [0.1, 0.15) is 42.8 Å². The van der Waals surface area contributed by atoms with E-state index in [-0.39, 0.29) is 15.4 Å². The van der Waals surface area contributed by atoms with E-state index in [1.54, 1.807) is 18.3 Å². The zero-order valence-electron chi connectivity index (χ0n) is 20.7. The SMILES string of the molecule is Cc1nc(NC(=O)OI)sc1S(=O)(=O)N1CCN(C[C@H](C)Nc2nc(C3CC3)nc3c(C)csc23)CC1. The Labute approximate surface area is 237 Å². The van der Waals surface area contributed by atoms with Gasteiger partial charge in [-0.3, -0.25) is 10.2 Å². The van der Waals surface area contributed by atoms with Crippen molar-refractivity contribution in [1.82, 2.24) is 24.2 Å². The molecule has 37 heavy (non-hydrogen) atoms. The van der Waals surface area contributed by atoms with E-state index in [0.717, 1.165) is 52.6 Å². The molecular formula is C22H28IN7O4S3. The van der Waals surface area contributed by atoms with E-state index in [1.165, 1.54) is 32.9 Å². The fourth-order valence-electron chi connectivity index (χ4n) is 4.39. The second-order valence-corrected chi connectivity index (χ2v) is 13.9. The Morgan fingerprint density at radius 2 is 1.95 bits per heavy atom. The van der Waals surface area contributed by atoms with Crippen LogP contribution in [0.4, 0.5) is 15.7 Å². The van der Waals surface area contributed by atoms with Gasteiger partial charge in [-0.05, 0) is 44.6 Å². The van der Waals surface area contributed by atoms with Gasteiger partial charge >= 0.3 is 6.09 Å². The standard InChI is InChI=1S/C22H28IN7O4S3/c1-12-11-35-17-16(12)26-18(15-4-5-15)27-19(17)24-13(2)10-29-6-8-30(9-7-29)37(32,33)20-14(3)25-21(36-20)28-22(31)34-23/h11,13,15H,4-10H2,1-3H3,(H,24,26,27)(H,25,28,31)/t13-/m0/s1. The molecule has 1 atom stereocenters. The summed E-state index contributed by atoms with van der Waals surface area (Å²) in [6, 6.07) is 0.130. The Balaban J connectivity index is 1.20. The van der Waals surface area contributed by atoms with Crippen LogP contribution in [0.5, 0.6) is 0 Å². The number of sulfonamides is 1. The summed E-state index contributed by atoms with van der Waals surface area (Å²) < 4.78 is 33.8. The van der Waals surface area contributed by atoms with Crippen LogP contribution < -0.4 is 10.6 Å². The Kier molecular flexibility index (Phi) is 7.89. The summed E-state index contributed by atoms with van der Waals surface area (Å²) in [5.41, 5.74) is 2.58. The van der Waals surface area contributed by atoms with E-state index < -0.39 is 16.1 Å². The molecule has 0 aromatic carbocycles. The normalized spacial score (nSPS) is 18.2. The molecule has 0 radical (unpaired) electrons. The summed E-state index contributed by atoms with van der Waals surface area (Å²) in [4.78, 5) is 27.6. The number of nitrogens with zero attached hydrogens (tertiary/aromatic N) is 5. The van der Waals surface area contributed by atoms with Gasteiger partial charge in [-0.25, -0.2) is 28.2 Å². The summed E-state index contributed by atoms with van der Waals surface area (Å²) in [6.07, 6.45) is 1.61. The van der Waals surface area contributed by atoms with Crippen molar-refractivity contribution >= 4 is 83.0 Å². The number of amides is 1. The summed E-state index contributed by atoms with van der Waals surface area (Å²) in [6.45, 7) is 8.64. The molecule has 0 spiro atoms. The lowest BCUT2D eigenvalue weighted by Gasteiger charge is -2.35. The molecule has 4 heterocycles. The van der Waals surface area contributed by atoms with Crippen molar-refractivity contribution in [3.63, 3.8) is 0 Å². The largest absolute Gasteiger partial charge is 0.422 e. The van der Waals surface area contributed by atoms with Gasteiger partial charge in [0.2, 0.25) is 0 Å². The van der Waals surface area contributed by atoms with Crippen LogP contribution in [-0.2, 0) is 13.1 Å². The molecule has 0 unspecified atom stereocenters. The Hall–Kier alpha value is -1.66. The zero-order chi connectivity index (χ0) is 26.3. The molecule has 2 N–H and O–H groups in total. The van der Waals surface area contributed by atoms with Gasteiger partial charge in [-0.15, -0.1) is 11.3 Å². The number of nitrogens with one attached hydrogen (secondary N) is 2. The van der Waals surface area contributed by atoms with Crippen LogP contribution in [0.2, 0.25) is 0 Å². The summed E-state index contributed by atoms with van der Waals surface area (Å²) >= 11 is 4.06. The van der Waals surface area contributed by atoms with E-state index in [9.17, 15) is 13.2 Å². The number of carbonyl (C=O) groups is 1. The molecule has 2 aliphatic rings. The number of aryl methyl sites for hydroxylation is 2. The minimum absolute atomic E-state index is 0.130. The van der Waals surface area contributed by atoms with Crippen LogP contribution in [0.3, 0.4) is 0 Å². The first-order valence-corrected chi connectivity index (χ1v) is 16.0. The quantitative estimate of drug-likeness (QED) is 0.335. The van der Waals surface area contributed by atoms with Crippen LogP contribution in [-0.4, -0.2) is 77.4 Å². The number of hydrogen-bond acceptors (Lipinski definition) is 11. The van der Waals surface area contributed by atoms with Crippen molar-refractivity contribution in [2.24, 2.45) is 0 Å². The lowest BCUT2D eigenvalue weighted by atomic mass is 10.2. The van der Waals surface area contributed by atoms with Crippen molar-refractivity contribution < 1.29 is 16.3 Å². The first-order valence-electron chi connectivity index (χ1n) is 12.0. The molecule has 1 aliphatic carbocycles. The Bertz CT molecular complexity index is 1420. The molecule has 1 saturated carbocycles. The number of rotatable bonds is 8. The molecule has 3 aromatic rings. The van der Waals surface area contributed by atoms with E-state index in [4.69, 9.17) is 9.97 Å². The monoisotopic (exact) mass is 677 g/mol. The van der Waals surface area contributed by atoms with E-state index in [0.29, 0.717) is 37.8 Å². The summed E-state index contributed by atoms with van der Waals surface area (Å²) in [7, 11) is -3.71. The molecule has 200 valence electrons. The molecular weight excluding hydrogens is 649 g/mol. The third kappa shape index (κ3) is 5.85. The maximum absolute atomic E-state index is 13.3. The number of thiophene rings is 1. The predicted molar refractivity (Wildman–Crippen MR) is 153 cm³/mol. The van der Waals surface area contributed by atoms with Gasteiger partial charge in [0.25, 0.3) is 10.0 Å². The van der Waals surface area contributed by atoms with E-state index >= 15 is 0 Å². The third-order valence-electron chi connectivity index (χ3n) is 6.41. The van der Waals surface area contributed by atoms with Gasteiger partial charge in [0.1, 0.15) is 11.6 Å². The van der Waals surface area contributed by atoms with E-state index in [1.807, 2.05) is 0 Å². The van der Waals surface area contributed by atoms with Gasteiger partial charge in [0.05, 0.1) is 15.9 Å². The summed E-state index contributed by atoms with van der Waals surface area (Å²) in [5, 5.41) is 8.36. The second-order valence-electron chi connectivity index (χ2n) is 9.43. The van der Waals surface area contributed by atoms with Crippen molar-refractivity contribution in [3.8, 4) is 0 Å². The fraction of sp³-hybridized carbons (Fsp3) is 0.545. The van der Waals surface area contributed by atoms with Crippen LogP contribution in [0.15, 0.2) is 9.59 Å². The second kappa shape index (κ2) is 10.8. The minimum atomic E-state index is -3.71. The Morgan fingerprint density at radius 3 is 2.62 bits per heavy atom. The van der Waals surface area contributed by atoms with E-state index in [2.05, 4.69) is 42.8 Å². The lowest BCUT2D eigenvalue weighted by molar-refractivity contribution is 0.184. The first-order chi connectivity index (χ1) is 17.7. The maximum atomic E-state index is 13.3. The molecule has 3 aromatic heterocycles. The fourth-order valence-corrected chi connectivity index (χ4v) is 8.40.